The van der Waals surface area contributed by atoms with Crippen LogP contribution in [0.4, 0.5) is 0 Å². The summed E-state index contributed by atoms with van der Waals surface area (Å²) in [6.45, 7) is 2.21. The molecule has 3 aromatic heterocycles. The maximum Gasteiger partial charge on any atom is 0.222 e. The van der Waals surface area contributed by atoms with Gasteiger partial charge in [-0.15, -0.1) is 11.3 Å². The molecule has 5 rings (SSSR count). The number of pyridine rings is 1. The molecule has 0 spiro atoms. The summed E-state index contributed by atoms with van der Waals surface area (Å²) >= 11 is 1.87. The van der Waals surface area contributed by atoms with Gasteiger partial charge in [0.05, 0.1) is 0 Å². The maximum absolute atomic E-state index is 2.34. The number of rotatable bonds is 2. The topological polar surface area (TPSA) is 8.81 Å². The van der Waals surface area contributed by atoms with E-state index in [9.17, 15) is 0 Å². The second-order valence-electron chi connectivity index (χ2n) is 7.13. The molecule has 0 aliphatic heterocycles. The molecule has 0 N–H and O–H groups in total. The zero-order valence-corrected chi connectivity index (χ0v) is 16.5. The van der Waals surface area contributed by atoms with E-state index in [1.165, 1.54) is 48.4 Å². The van der Waals surface area contributed by atoms with Crippen molar-refractivity contribution in [2.75, 3.05) is 0 Å². The summed E-state index contributed by atoms with van der Waals surface area (Å²) in [7, 11) is 4.25. The summed E-state index contributed by atoms with van der Waals surface area (Å²) in [5.41, 5.74) is 6.44. The number of hydrogen-bond donors (Lipinski definition) is 0. The Hall–Kier alpha value is -2.91. The number of aryl methyl sites for hydroxylation is 3. The summed E-state index contributed by atoms with van der Waals surface area (Å²) in [5.74, 6) is 0. The molecule has 132 valence electrons. The molecule has 0 saturated carbocycles. The lowest BCUT2D eigenvalue weighted by Crippen LogP contribution is -2.29. The summed E-state index contributed by atoms with van der Waals surface area (Å²) in [6, 6.07) is 24.2. The minimum absolute atomic E-state index is 1.26. The van der Waals surface area contributed by atoms with Crippen LogP contribution < -0.4 is 4.57 Å². The highest BCUT2D eigenvalue weighted by Crippen LogP contribution is 2.38. The highest BCUT2D eigenvalue weighted by Gasteiger charge is 2.17. The Morgan fingerprint density at radius 3 is 2.48 bits per heavy atom. The van der Waals surface area contributed by atoms with Gasteiger partial charge in [-0.1, -0.05) is 24.3 Å². The van der Waals surface area contributed by atoms with E-state index in [4.69, 9.17) is 0 Å². The Bertz CT molecular complexity index is 1310. The summed E-state index contributed by atoms with van der Waals surface area (Å²) in [6.07, 6.45) is 2.11. The molecule has 0 atom stereocenters. The lowest BCUT2D eigenvalue weighted by Gasteiger charge is -2.00. The van der Waals surface area contributed by atoms with Crippen molar-refractivity contribution >= 4 is 33.1 Å². The Labute approximate surface area is 162 Å². The molecule has 0 aliphatic rings. The molecule has 0 radical (unpaired) electrons. The van der Waals surface area contributed by atoms with Crippen molar-refractivity contribution in [3.63, 3.8) is 0 Å². The first-order chi connectivity index (χ1) is 13.1. The van der Waals surface area contributed by atoms with Crippen molar-refractivity contribution in [1.82, 2.24) is 4.57 Å². The van der Waals surface area contributed by atoms with E-state index in [-0.39, 0.29) is 0 Å². The number of para-hydroxylation sites is 1. The van der Waals surface area contributed by atoms with Crippen molar-refractivity contribution in [2.24, 2.45) is 14.1 Å². The smallest absolute Gasteiger partial charge is 0.222 e. The summed E-state index contributed by atoms with van der Waals surface area (Å²) < 4.78 is 4.47. The van der Waals surface area contributed by atoms with Crippen molar-refractivity contribution in [3.05, 3.63) is 78.5 Å². The molecule has 0 bridgehead atoms. The molecule has 0 saturated heterocycles. The quantitative estimate of drug-likeness (QED) is 0.345. The van der Waals surface area contributed by atoms with Crippen LogP contribution in [0.25, 0.3) is 42.8 Å². The Balaban J connectivity index is 1.70. The normalized spacial score (nSPS) is 11.5. The molecule has 0 fully saturated rings. The largest absolute Gasteiger partial charge is 0.344 e. The van der Waals surface area contributed by atoms with E-state index in [1.807, 2.05) is 11.3 Å². The van der Waals surface area contributed by atoms with Crippen LogP contribution in [0.5, 0.6) is 0 Å². The van der Waals surface area contributed by atoms with Crippen LogP contribution in [-0.4, -0.2) is 4.57 Å². The van der Waals surface area contributed by atoms with Gasteiger partial charge < -0.3 is 4.57 Å². The number of nitrogens with zero attached hydrogens (tertiary/aromatic N) is 2. The summed E-state index contributed by atoms with van der Waals surface area (Å²) in [4.78, 5) is 2.66. The Kier molecular flexibility index (Phi) is 3.66. The maximum atomic E-state index is 2.34. The Morgan fingerprint density at radius 1 is 0.852 bits per heavy atom. The van der Waals surface area contributed by atoms with Crippen LogP contribution in [0.3, 0.4) is 0 Å². The third-order valence-electron chi connectivity index (χ3n) is 5.40. The van der Waals surface area contributed by atoms with E-state index in [0.717, 1.165) is 0 Å². The number of benzene rings is 2. The molecule has 2 nitrogen and oxygen atoms in total. The first-order valence-corrected chi connectivity index (χ1v) is 9.98. The Morgan fingerprint density at radius 2 is 1.63 bits per heavy atom. The van der Waals surface area contributed by atoms with Gasteiger partial charge in [0, 0.05) is 45.9 Å². The number of fused-ring (bicyclic) bond motifs is 3. The van der Waals surface area contributed by atoms with Gasteiger partial charge in [0.2, 0.25) is 5.69 Å². The zero-order chi connectivity index (χ0) is 18.5. The SMILES string of the molecule is Cc1cc(-c2ccc3c(c2)c2ccccc2n3C)sc1-c1cccc[n+]1C. The number of thiophene rings is 1. The average Bonchev–Trinajstić information content (AvgIpc) is 3.21. The van der Waals surface area contributed by atoms with Crippen LogP contribution in [0.2, 0.25) is 0 Å². The minimum Gasteiger partial charge on any atom is -0.344 e. The second kappa shape index (κ2) is 6.07. The minimum atomic E-state index is 1.26. The van der Waals surface area contributed by atoms with E-state index in [2.05, 4.69) is 103 Å². The van der Waals surface area contributed by atoms with E-state index >= 15 is 0 Å². The van der Waals surface area contributed by atoms with Crippen LogP contribution in [0, 0.1) is 6.92 Å². The highest BCUT2D eigenvalue weighted by atomic mass is 32.1. The standard InChI is InChI=1S/C24H21N2S/c1-16-14-23(27-24(16)22-10-6-7-13-25(22)2)17-11-12-21-19(15-17)18-8-4-5-9-20(18)26(21)3/h4-15H,1-3H3/q+1. The van der Waals surface area contributed by atoms with E-state index in [1.54, 1.807) is 0 Å². The molecule has 0 amide bonds. The summed E-state index contributed by atoms with van der Waals surface area (Å²) in [5, 5.41) is 2.64. The average molecular weight is 370 g/mol. The fraction of sp³-hybridized carbons (Fsp3) is 0.125. The van der Waals surface area contributed by atoms with Crippen LogP contribution in [0.1, 0.15) is 5.56 Å². The van der Waals surface area contributed by atoms with Gasteiger partial charge in [-0.3, -0.25) is 0 Å². The van der Waals surface area contributed by atoms with Gasteiger partial charge in [-0.25, -0.2) is 4.57 Å². The van der Waals surface area contributed by atoms with E-state index < -0.39 is 0 Å². The molecular formula is C24H21N2S+. The fourth-order valence-electron chi connectivity index (χ4n) is 3.96. The van der Waals surface area contributed by atoms with Crippen molar-refractivity contribution in [3.8, 4) is 21.0 Å². The molecule has 3 heterocycles. The molecule has 3 heteroatoms. The van der Waals surface area contributed by atoms with Gasteiger partial charge in [-0.2, -0.15) is 0 Å². The molecule has 0 aliphatic carbocycles. The molecular weight excluding hydrogens is 348 g/mol. The lowest BCUT2D eigenvalue weighted by atomic mass is 10.1. The lowest BCUT2D eigenvalue weighted by molar-refractivity contribution is -0.660. The van der Waals surface area contributed by atoms with Gasteiger partial charge in [0.1, 0.15) is 11.9 Å². The van der Waals surface area contributed by atoms with Crippen LogP contribution in [0.15, 0.2) is 72.9 Å². The monoisotopic (exact) mass is 369 g/mol. The first kappa shape index (κ1) is 16.3. The molecule has 5 aromatic rings. The first-order valence-electron chi connectivity index (χ1n) is 9.16. The third-order valence-corrected chi connectivity index (χ3v) is 6.71. The van der Waals surface area contributed by atoms with Gasteiger partial charge in [0.25, 0.3) is 0 Å². The van der Waals surface area contributed by atoms with Crippen molar-refractivity contribution in [1.29, 1.82) is 0 Å². The second-order valence-corrected chi connectivity index (χ2v) is 8.18. The highest BCUT2D eigenvalue weighted by molar-refractivity contribution is 7.19. The predicted molar refractivity (Wildman–Crippen MR) is 115 cm³/mol. The van der Waals surface area contributed by atoms with Crippen LogP contribution >= 0.6 is 11.3 Å². The van der Waals surface area contributed by atoms with Crippen LogP contribution in [-0.2, 0) is 14.1 Å². The molecule has 27 heavy (non-hydrogen) atoms. The van der Waals surface area contributed by atoms with E-state index in [0.29, 0.717) is 0 Å². The molecule has 0 unspecified atom stereocenters. The third kappa shape index (κ3) is 2.50. The van der Waals surface area contributed by atoms with Gasteiger partial charge in [-0.05, 0) is 48.4 Å². The zero-order valence-electron chi connectivity index (χ0n) is 15.7. The number of aromatic nitrogens is 2. The van der Waals surface area contributed by atoms with Crippen molar-refractivity contribution < 1.29 is 4.57 Å². The van der Waals surface area contributed by atoms with Crippen molar-refractivity contribution in [2.45, 2.75) is 6.92 Å². The predicted octanol–water partition coefficient (Wildman–Crippen LogP) is 5.86. The number of hydrogen-bond acceptors (Lipinski definition) is 1. The van der Waals surface area contributed by atoms with Gasteiger partial charge in [0.15, 0.2) is 6.20 Å². The fourth-order valence-corrected chi connectivity index (χ4v) is 5.20. The van der Waals surface area contributed by atoms with Gasteiger partial charge >= 0.3 is 0 Å². The molecule has 2 aromatic carbocycles.